The van der Waals surface area contributed by atoms with Crippen molar-refractivity contribution in [3.8, 4) is 6.07 Å². The molecule has 0 unspecified atom stereocenters. The minimum Gasteiger partial charge on any atom is -0.466 e. The average Bonchev–Trinajstić information content (AvgIpc) is 3.29. The van der Waals surface area contributed by atoms with Gasteiger partial charge in [0, 0.05) is 25.6 Å². The van der Waals surface area contributed by atoms with E-state index in [1.807, 2.05) is 6.92 Å². The molecule has 118 valence electrons. The summed E-state index contributed by atoms with van der Waals surface area (Å²) in [4.78, 5) is 14.0. The number of nitrogens with zero attached hydrogens (tertiary/aromatic N) is 2. The highest BCUT2D eigenvalue weighted by atomic mass is 16.5. The highest BCUT2D eigenvalue weighted by Crippen LogP contribution is 2.36. The van der Waals surface area contributed by atoms with Gasteiger partial charge < -0.3 is 9.84 Å². The van der Waals surface area contributed by atoms with E-state index in [4.69, 9.17) is 10.00 Å². The molecule has 2 rings (SSSR count). The first-order valence-electron chi connectivity index (χ1n) is 8.08. The van der Waals surface area contributed by atoms with Gasteiger partial charge in [-0.3, -0.25) is 9.69 Å². The van der Waals surface area contributed by atoms with Gasteiger partial charge >= 0.3 is 5.97 Å². The monoisotopic (exact) mass is 294 g/mol. The summed E-state index contributed by atoms with van der Waals surface area (Å²) in [6, 6.07) is 2.73. The summed E-state index contributed by atoms with van der Waals surface area (Å²) in [6.45, 7) is 3.61. The first kappa shape index (κ1) is 16.3. The highest BCUT2D eigenvalue weighted by Gasteiger charge is 2.40. The largest absolute Gasteiger partial charge is 0.466 e. The van der Waals surface area contributed by atoms with Crippen molar-refractivity contribution < 1.29 is 14.6 Å². The predicted octanol–water partition coefficient (Wildman–Crippen LogP) is 1.85. The lowest BCUT2D eigenvalue weighted by Gasteiger charge is -2.39. The Morgan fingerprint density at radius 2 is 2.05 bits per heavy atom. The molecule has 0 heterocycles. The van der Waals surface area contributed by atoms with Crippen molar-refractivity contribution in [3.05, 3.63) is 0 Å². The second-order valence-electron chi connectivity index (χ2n) is 6.36. The predicted molar refractivity (Wildman–Crippen MR) is 78.4 cm³/mol. The zero-order valence-corrected chi connectivity index (χ0v) is 12.9. The lowest BCUT2D eigenvalue weighted by Crippen LogP contribution is -2.47. The lowest BCUT2D eigenvalue weighted by molar-refractivity contribution is -0.151. The Morgan fingerprint density at radius 1 is 1.38 bits per heavy atom. The number of rotatable bonds is 7. The Bertz CT molecular complexity index is 393. The van der Waals surface area contributed by atoms with E-state index in [0.717, 1.165) is 6.54 Å². The summed E-state index contributed by atoms with van der Waals surface area (Å²) in [7, 11) is 0. The molecule has 2 saturated carbocycles. The summed E-state index contributed by atoms with van der Waals surface area (Å²) in [6.07, 6.45) is 5.55. The van der Waals surface area contributed by atoms with Gasteiger partial charge in [0.2, 0.25) is 0 Å². The number of carbonyl (C=O) groups excluding carboxylic acids is 1. The van der Waals surface area contributed by atoms with Gasteiger partial charge in [-0.2, -0.15) is 5.26 Å². The number of ether oxygens (including phenoxy) is 1. The highest BCUT2D eigenvalue weighted by molar-refractivity contribution is 5.72. The van der Waals surface area contributed by atoms with Crippen molar-refractivity contribution in [1.29, 1.82) is 5.26 Å². The van der Waals surface area contributed by atoms with Crippen LogP contribution in [0.15, 0.2) is 0 Å². The van der Waals surface area contributed by atoms with Crippen molar-refractivity contribution in [3.63, 3.8) is 0 Å². The SMILES string of the molecule is CCOC(=O)C1CCC(O)(CN(CCC#N)C2CC2)CC1. The molecular weight excluding hydrogens is 268 g/mol. The Labute approximate surface area is 126 Å². The maximum absolute atomic E-state index is 11.7. The van der Waals surface area contributed by atoms with E-state index in [-0.39, 0.29) is 11.9 Å². The van der Waals surface area contributed by atoms with Crippen molar-refractivity contribution in [2.45, 2.75) is 63.5 Å². The molecule has 5 nitrogen and oxygen atoms in total. The first-order valence-corrected chi connectivity index (χ1v) is 8.08. The van der Waals surface area contributed by atoms with Crippen LogP contribution in [0.5, 0.6) is 0 Å². The van der Waals surface area contributed by atoms with Crippen LogP contribution in [-0.2, 0) is 9.53 Å². The molecule has 0 spiro atoms. The van der Waals surface area contributed by atoms with Crippen molar-refractivity contribution >= 4 is 5.97 Å². The molecule has 0 aromatic carbocycles. The number of nitriles is 1. The topological polar surface area (TPSA) is 73.6 Å². The Hall–Kier alpha value is -1.12. The van der Waals surface area contributed by atoms with Crippen LogP contribution >= 0.6 is 0 Å². The van der Waals surface area contributed by atoms with Gasteiger partial charge in [0.1, 0.15) is 0 Å². The molecule has 2 aliphatic rings. The van der Waals surface area contributed by atoms with Crippen molar-refractivity contribution in [1.82, 2.24) is 4.90 Å². The summed E-state index contributed by atoms with van der Waals surface area (Å²) in [5, 5.41) is 19.5. The standard InChI is InChI=1S/C16H26N2O3/c1-2-21-15(19)13-6-8-16(20,9-7-13)12-18(11-3-10-17)14-4-5-14/h13-14,20H,2-9,11-12H2,1H3. The van der Waals surface area contributed by atoms with Gasteiger partial charge in [-0.1, -0.05) is 0 Å². The van der Waals surface area contributed by atoms with Crippen LogP contribution in [0.2, 0.25) is 0 Å². The normalized spacial score (nSPS) is 29.1. The van der Waals surface area contributed by atoms with Crippen LogP contribution in [0.4, 0.5) is 0 Å². The van der Waals surface area contributed by atoms with Crippen LogP contribution in [-0.4, -0.2) is 47.3 Å². The molecule has 0 bridgehead atoms. The summed E-state index contributed by atoms with van der Waals surface area (Å²) >= 11 is 0. The molecule has 0 aromatic heterocycles. The number of hydrogen-bond acceptors (Lipinski definition) is 5. The van der Waals surface area contributed by atoms with Crippen molar-refractivity contribution in [2.75, 3.05) is 19.7 Å². The van der Waals surface area contributed by atoms with Gasteiger partial charge in [0.15, 0.2) is 0 Å². The molecule has 0 aromatic rings. The third-order valence-corrected chi connectivity index (χ3v) is 4.61. The molecule has 2 fully saturated rings. The molecule has 0 radical (unpaired) electrons. The fourth-order valence-corrected chi connectivity index (χ4v) is 3.21. The quantitative estimate of drug-likeness (QED) is 0.725. The number of carbonyl (C=O) groups is 1. The molecule has 0 saturated heterocycles. The second kappa shape index (κ2) is 7.24. The van der Waals surface area contributed by atoms with Gasteiger partial charge in [-0.05, 0) is 45.4 Å². The fraction of sp³-hybridized carbons (Fsp3) is 0.875. The van der Waals surface area contributed by atoms with E-state index < -0.39 is 5.60 Å². The van der Waals surface area contributed by atoms with Crippen LogP contribution in [0.25, 0.3) is 0 Å². The van der Waals surface area contributed by atoms with E-state index >= 15 is 0 Å². The maximum atomic E-state index is 11.7. The van der Waals surface area contributed by atoms with Gasteiger partial charge in [0.25, 0.3) is 0 Å². The van der Waals surface area contributed by atoms with E-state index in [1.165, 1.54) is 12.8 Å². The third kappa shape index (κ3) is 4.69. The summed E-state index contributed by atoms with van der Waals surface area (Å²) in [5.41, 5.74) is -0.707. The molecule has 1 N–H and O–H groups in total. The second-order valence-corrected chi connectivity index (χ2v) is 6.36. The average molecular weight is 294 g/mol. The smallest absolute Gasteiger partial charge is 0.308 e. The van der Waals surface area contributed by atoms with Gasteiger partial charge in [-0.15, -0.1) is 0 Å². The Morgan fingerprint density at radius 3 is 2.57 bits per heavy atom. The Balaban J connectivity index is 1.83. The van der Waals surface area contributed by atoms with Gasteiger partial charge in [0.05, 0.1) is 24.2 Å². The lowest BCUT2D eigenvalue weighted by atomic mass is 9.78. The third-order valence-electron chi connectivity index (χ3n) is 4.61. The van der Waals surface area contributed by atoms with Crippen LogP contribution in [0.1, 0.15) is 51.9 Å². The minimum atomic E-state index is -0.707. The maximum Gasteiger partial charge on any atom is 0.308 e. The van der Waals surface area contributed by atoms with E-state index in [0.29, 0.717) is 51.3 Å². The van der Waals surface area contributed by atoms with Gasteiger partial charge in [-0.25, -0.2) is 0 Å². The van der Waals surface area contributed by atoms with E-state index in [1.54, 1.807) is 0 Å². The molecule has 5 heteroatoms. The molecule has 0 amide bonds. The molecule has 2 aliphatic carbocycles. The van der Waals surface area contributed by atoms with Crippen LogP contribution in [0.3, 0.4) is 0 Å². The first-order chi connectivity index (χ1) is 10.1. The van der Waals surface area contributed by atoms with E-state index in [2.05, 4.69) is 11.0 Å². The zero-order chi connectivity index (χ0) is 15.3. The number of aliphatic hydroxyl groups is 1. The summed E-state index contributed by atoms with van der Waals surface area (Å²) in [5.74, 6) is -0.179. The van der Waals surface area contributed by atoms with Crippen LogP contribution in [0, 0.1) is 17.2 Å². The zero-order valence-electron chi connectivity index (χ0n) is 12.9. The van der Waals surface area contributed by atoms with E-state index in [9.17, 15) is 9.90 Å². The number of esters is 1. The molecular formula is C16H26N2O3. The molecule has 0 aliphatic heterocycles. The van der Waals surface area contributed by atoms with Crippen LogP contribution < -0.4 is 0 Å². The molecule has 0 atom stereocenters. The molecule has 21 heavy (non-hydrogen) atoms. The van der Waals surface area contributed by atoms with Crippen molar-refractivity contribution in [2.24, 2.45) is 5.92 Å². The number of hydrogen-bond donors (Lipinski definition) is 1. The minimum absolute atomic E-state index is 0.0568. The fourth-order valence-electron chi connectivity index (χ4n) is 3.21. The Kier molecular flexibility index (Phi) is 5.60. The summed E-state index contributed by atoms with van der Waals surface area (Å²) < 4.78 is 5.06.